The summed E-state index contributed by atoms with van der Waals surface area (Å²) in [7, 11) is 0. The first-order valence-electron chi connectivity index (χ1n) is 6.53. The summed E-state index contributed by atoms with van der Waals surface area (Å²) in [5.74, 6) is 0.485. The molecule has 1 heteroatoms. The van der Waals surface area contributed by atoms with Gasteiger partial charge in [-0.05, 0) is 40.7 Å². The number of ketones is 1. The molecule has 0 amide bonds. The van der Waals surface area contributed by atoms with E-state index in [1.54, 1.807) is 0 Å². The van der Waals surface area contributed by atoms with Crippen LogP contribution in [0.3, 0.4) is 0 Å². The molecule has 0 spiro atoms. The van der Waals surface area contributed by atoms with Crippen LogP contribution in [-0.4, -0.2) is 5.78 Å². The van der Waals surface area contributed by atoms with E-state index >= 15 is 0 Å². The Kier molecular flexibility index (Phi) is 1.86. The Morgan fingerprint density at radius 2 is 1.72 bits per heavy atom. The number of benzene rings is 2. The Bertz CT molecular complexity index is 682. The Balaban J connectivity index is 1.98. The maximum absolute atomic E-state index is 12.1. The molecule has 2 aromatic rings. The number of fused-ring (bicyclic) bond motifs is 5. The minimum absolute atomic E-state index is 0.162. The van der Waals surface area contributed by atoms with Crippen molar-refractivity contribution in [3.05, 3.63) is 58.7 Å². The second-order valence-corrected chi connectivity index (χ2v) is 5.42. The normalized spacial score (nSPS) is 19.6. The molecule has 88 valence electrons. The van der Waals surface area contributed by atoms with Gasteiger partial charge in [-0.3, -0.25) is 4.79 Å². The van der Waals surface area contributed by atoms with Crippen molar-refractivity contribution < 1.29 is 4.79 Å². The highest BCUT2D eigenvalue weighted by molar-refractivity contribution is 6.03. The second-order valence-electron chi connectivity index (χ2n) is 5.42. The number of Topliss-reactive ketones (excluding diaryl/α,β-unsaturated/α-hetero) is 1. The third kappa shape index (κ3) is 1.14. The van der Waals surface area contributed by atoms with Gasteiger partial charge in [0.05, 0.1) is 0 Å². The zero-order chi connectivity index (χ0) is 12.3. The number of carbonyl (C=O) groups is 1. The Morgan fingerprint density at radius 1 is 0.944 bits per heavy atom. The summed E-state index contributed by atoms with van der Waals surface area (Å²) in [6.07, 6.45) is 1.92. The highest BCUT2D eigenvalue weighted by Gasteiger charge is 2.32. The Hall–Kier alpha value is -1.89. The summed E-state index contributed by atoms with van der Waals surface area (Å²) >= 11 is 0. The quantitative estimate of drug-likeness (QED) is 0.580. The average molecular weight is 234 g/mol. The van der Waals surface area contributed by atoms with Gasteiger partial charge in [-0.25, -0.2) is 0 Å². The smallest absolute Gasteiger partial charge is 0.166 e. The fourth-order valence-corrected chi connectivity index (χ4v) is 3.40. The van der Waals surface area contributed by atoms with E-state index in [4.69, 9.17) is 0 Å². The van der Waals surface area contributed by atoms with Gasteiger partial charge in [0, 0.05) is 11.5 Å². The van der Waals surface area contributed by atoms with E-state index in [1.165, 1.54) is 27.8 Å². The second kappa shape index (κ2) is 3.32. The first-order chi connectivity index (χ1) is 8.75. The van der Waals surface area contributed by atoms with Gasteiger partial charge >= 0.3 is 0 Å². The van der Waals surface area contributed by atoms with Gasteiger partial charge in [0.2, 0.25) is 0 Å². The maximum Gasteiger partial charge on any atom is 0.166 e. The number of rotatable bonds is 0. The maximum atomic E-state index is 12.1. The summed E-state index contributed by atoms with van der Waals surface area (Å²) in [6.45, 7) is 2.04. The molecule has 0 fully saturated rings. The number of carbonyl (C=O) groups excluding carboxylic acids is 1. The molecule has 0 radical (unpaired) electrons. The fraction of sp³-hybridized carbons (Fsp3) is 0.235. The van der Waals surface area contributed by atoms with Crippen molar-refractivity contribution in [2.75, 3.05) is 0 Å². The molecular formula is C17H14O. The van der Waals surface area contributed by atoms with Gasteiger partial charge in [0.1, 0.15) is 0 Å². The third-order valence-corrected chi connectivity index (χ3v) is 4.33. The molecule has 1 unspecified atom stereocenters. The molecule has 0 heterocycles. The molecule has 2 aliphatic carbocycles. The lowest BCUT2D eigenvalue weighted by atomic mass is 9.98. The van der Waals surface area contributed by atoms with E-state index in [0.29, 0.717) is 5.78 Å². The highest BCUT2D eigenvalue weighted by Crippen LogP contribution is 2.42. The lowest BCUT2D eigenvalue weighted by Gasteiger charge is -2.06. The summed E-state index contributed by atoms with van der Waals surface area (Å²) in [4.78, 5) is 12.1. The van der Waals surface area contributed by atoms with Crippen LogP contribution < -0.4 is 0 Å². The molecule has 1 atom stereocenters. The zero-order valence-electron chi connectivity index (χ0n) is 10.4. The van der Waals surface area contributed by atoms with E-state index in [1.807, 2.05) is 13.0 Å². The topological polar surface area (TPSA) is 17.1 Å². The number of hydrogen-bond donors (Lipinski definition) is 0. The first kappa shape index (κ1) is 10.1. The van der Waals surface area contributed by atoms with Crippen LogP contribution in [-0.2, 0) is 12.8 Å². The predicted molar refractivity (Wildman–Crippen MR) is 71.9 cm³/mol. The van der Waals surface area contributed by atoms with Crippen molar-refractivity contribution in [2.24, 2.45) is 5.92 Å². The molecule has 0 bridgehead atoms. The SMILES string of the molecule is CC1Cc2c(ccc3c2Cc2ccccc2-3)C1=O. The van der Waals surface area contributed by atoms with Gasteiger partial charge in [-0.1, -0.05) is 43.3 Å². The monoisotopic (exact) mass is 234 g/mol. The van der Waals surface area contributed by atoms with Crippen molar-refractivity contribution in [3.8, 4) is 11.1 Å². The molecule has 0 aliphatic heterocycles. The minimum atomic E-state index is 0.162. The van der Waals surface area contributed by atoms with Crippen LogP contribution in [0, 0.1) is 5.92 Å². The van der Waals surface area contributed by atoms with Crippen molar-refractivity contribution >= 4 is 5.78 Å². The van der Waals surface area contributed by atoms with Crippen molar-refractivity contribution in [3.63, 3.8) is 0 Å². The largest absolute Gasteiger partial charge is 0.294 e. The first-order valence-corrected chi connectivity index (χ1v) is 6.53. The van der Waals surface area contributed by atoms with Gasteiger partial charge in [0.25, 0.3) is 0 Å². The van der Waals surface area contributed by atoms with Crippen molar-refractivity contribution in [1.29, 1.82) is 0 Å². The van der Waals surface area contributed by atoms with Crippen LogP contribution in [0.1, 0.15) is 34.0 Å². The van der Waals surface area contributed by atoms with Crippen LogP contribution >= 0.6 is 0 Å². The summed E-state index contributed by atoms with van der Waals surface area (Å²) in [6, 6.07) is 12.7. The lowest BCUT2D eigenvalue weighted by molar-refractivity contribution is 0.0946. The summed E-state index contributed by atoms with van der Waals surface area (Å²) < 4.78 is 0. The predicted octanol–water partition coefficient (Wildman–Crippen LogP) is 3.63. The van der Waals surface area contributed by atoms with E-state index < -0.39 is 0 Å². The molecule has 4 rings (SSSR count). The van der Waals surface area contributed by atoms with Gasteiger partial charge in [-0.2, -0.15) is 0 Å². The molecule has 18 heavy (non-hydrogen) atoms. The Morgan fingerprint density at radius 3 is 2.61 bits per heavy atom. The zero-order valence-corrected chi connectivity index (χ0v) is 10.4. The van der Waals surface area contributed by atoms with Crippen LogP contribution in [0.25, 0.3) is 11.1 Å². The van der Waals surface area contributed by atoms with Gasteiger partial charge in [0.15, 0.2) is 5.78 Å². The third-order valence-electron chi connectivity index (χ3n) is 4.33. The van der Waals surface area contributed by atoms with Crippen molar-refractivity contribution in [2.45, 2.75) is 19.8 Å². The standard InChI is InChI=1S/C17H14O/c1-10-8-15-14(17(10)18)7-6-13-12-5-3-2-4-11(12)9-16(13)15/h2-7,10H,8-9H2,1H3. The van der Waals surface area contributed by atoms with Crippen LogP contribution in [0.15, 0.2) is 36.4 Å². The fourth-order valence-electron chi connectivity index (χ4n) is 3.40. The van der Waals surface area contributed by atoms with Crippen LogP contribution in [0.2, 0.25) is 0 Å². The molecular weight excluding hydrogens is 220 g/mol. The molecule has 0 N–H and O–H groups in total. The van der Waals surface area contributed by atoms with Crippen LogP contribution in [0.4, 0.5) is 0 Å². The Labute approximate surface area is 106 Å². The molecule has 0 saturated carbocycles. The average Bonchev–Trinajstić information content (AvgIpc) is 2.89. The van der Waals surface area contributed by atoms with E-state index in [-0.39, 0.29) is 5.92 Å². The highest BCUT2D eigenvalue weighted by atomic mass is 16.1. The van der Waals surface area contributed by atoms with Gasteiger partial charge < -0.3 is 0 Å². The minimum Gasteiger partial charge on any atom is -0.294 e. The molecule has 2 aliphatic rings. The molecule has 0 saturated heterocycles. The molecule has 0 aromatic heterocycles. The van der Waals surface area contributed by atoms with Crippen molar-refractivity contribution in [1.82, 2.24) is 0 Å². The number of hydrogen-bond acceptors (Lipinski definition) is 1. The van der Waals surface area contributed by atoms with E-state index in [9.17, 15) is 4.79 Å². The van der Waals surface area contributed by atoms with E-state index in [2.05, 4.69) is 30.3 Å². The van der Waals surface area contributed by atoms with Gasteiger partial charge in [-0.15, -0.1) is 0 Å². The molecule has 2 aromatic carbocycles. The van der Waals surface area contributed by atoms with E-state index in [0.717, 1.165) is 18.4 Å². The molecule has 1 nitrogen and oxygen atoms in total. The van der Waals surface area contributed by atoms with Crippen LogP contribution in [0.5, 0.6) is 0 Å². The lowest BCUT2D eigenvalue weighted by Crippen LogP contribution is -2.02. The summed E-state index contributed by atoms with van der Waals surface area (Å²) in [5.41, 5.74) is 7.75. The summed E-state index contributed by atoms with van der Waals surface area (Å²) in [5, 5.41) is 0.